The van der Waals surface area contributed by atoms with Crippen molar-refractivity contribution < 1.29 is 4.79 Å². The lowest BCUT2D eigenvalue weighted by molar-refractivity contribution is -0.135. The molecule has 0 spiro atoms. The first-order chi connectivity index (χ1) is 6.22. The van der Waals surface area contributed by atoms with Gasteiger partial charge in [0.2, 0.25) is 5.91 Å². The van der Waals surface area contributed by atoms with E-state index in [-0.39, 0.29) is 11.8 Å². The lowest BCUT2D eigenvalue weighted by Gasteiger charge is -2.28. The molecule has 0 aromatic carbocycles. The molecule has 2 rings (SSSR count). The van der Waals surface area contributed by atoms with Crippen molar-refractivity contribution >= 4 is 17.5 Å². The van der Waals surface area contributed by atoms with Crippen molar-refractivity contribution in [2.24, 2.45) is 11.8 Å². The Labute approximate surface area is 84.2 Å². The summed E-state index contributed by atoms with van der Waals surface area (Å²) in [5.41, 5.74) is 0. The van der Waals surface area contributed by atoms with Crippen LogP contribution in [0.5, 0.6) is 0 Å². The van der Waals surface area contributed by atoms with Gasteiger partial charge in [-0.3, -0.25) is 4.79 Å². The molecule has 1 amide bonds. The highest BCUT2D eigenvalue weighted by Crippen LogP contribution is 2.37. The van der Waals surface area contributed by atoms with Crippen LogP contribution >= 0.6 is 11.6 Å². The van der Waals surface area contributed by atoms with E-state index in [4.69, 9.17) is 11.6 Å². The minimum Gasteiger partial charge on any atom is -0.339 e. The number of carbonyl (C=O) groups excluding carboxylic acids is 1. The van der Waals surface area contributed by atoms with Crippen LogP contribution in [0.3, 0.4) is 0 Å². The van der Waals surface area contributed by atoms with Crippen LogP contribution in [0.25, 0.3) is 0 Å². The van der Waals surface area contributed by atoms with Gasteiger partial charge < -0.3 is 4.90 Å². The maximum atomic E-state index is 11.8. The number of alkyl halides is 1. The Hall–Kier alpha value is -0.240. The molecule has 1 aliphatic carbocycles. The van der Waals surface area contributed by atoms with Crippen LogP contribution in [-0.2, 0) is 4.79 Å². The first-order valence-corrected chi connectivity index (χ1v) is 5.62. The molecule has 3 heteroatoms. The van der Waals surface area contributed by atoms with Crippen molar-refractivity contribution in [3.8, 4) is 0 Å². The van der Waals surface area contributed by atoms with Gasteiger partial charge in [-0.1, -0.05) is 6.92 Å². The van der Waals surface area contributed by atoms with Crippen molar-refractivity contribution in [2.75, 3.05) is 12.4 Å². The fraction of sp³-hybridized carbons (Fsp3) is 0.900. The number of piperidine rings is 1. The van der Waals surface area contributed by atoms with E-state index in [1.54, 1.807) is 0 Å². The van der Waals surface area contributed by atoms with Crippen LogP contribution in [0.15, 0.2) is 0 Å². The first-order valence-electron chi connectivity index (χ1n) is 5.08. The number of carbonyl (C=O) groups is 1. The van der Waals surface area contributed by atoms with E-state index in [9.17, 15) is 4.79 Å². The molecule has 13 heavy (non-hydrogen) atoms. The summed E-state index contributed by atoms with van der Waals surface area (Å²) in [6.07, 6.45) is 3.77. The largest absolute Gasteiger partial charge is 0.339 e. The van der Waals surface area contributed by atoms with Crippen molar-refractivity contribution in [1.29, 1.82) is 0 Å². The second kappa shape index (κ2) is 3.49. The zero-order chi connectivity index (χ0) is 9.42. The predicted octanol–water partition coefficient (Wildman–Crippen LogP) is 1.87. The highest BCUT2D eigenvalue weighted by atomic mass is 35.5. The Bertz CT molecular complexity index is 219. The second-order valence-corrected chi connectivity index (χ2v) is 4.69. The molecule has 3 unspecified atom stereocenters. The van der Waals surface area contributed by atoms with Crippen molar-refractivity contribution in [3.63, 3.8) is 0 Å². The van der Waals surface area contributed by atoms with Gasteiger partial charge in [0.1, 0.15) is 0 Å². The average Bonchev–Trinajstić information content (AvgIpc) is 2.76. The predicted molar refractivity (Wildman–Crippen MR) is 52.7 cm³/mol. The Balaban J connectivity index is 1.98. The quantitative estimate of drug-likeness (QED) is 0.625. The first kappa shape index (κ1) is 9.32. The molecule has 1 heterocycles. The fourth-order valence-corrected chi connectivity index (χ4v) is 2.68. The number of halogens is 1. The van der Waals surface area contributed by atoms with Gasteiger partial charge >= 0.3 is 0 Å². The zero-order valence-corrected chi connectivity index (χ0v) is 8.76. The smallest absolute Gasteiger partial charge is 0.226 e. The Morgan fingerprint density at radius 2 is 2.38 bits per heavy atom. The minimum atomic E-state index is 0.000941. The summed E-state index contributed by atoms with van der Waals surface area (Å²) < 4.78 is 0. The Morgan fingerprint density at radius 3 is 2.85 bits per heavy atom. The third-order valence-corrected chi connectivity index (χ3v) is 3.81. The van der Waals surface area contributed by atoms with Gasteiger partial charge in [-0.2, -0.15) is 0 Å². The maximum Gasteiger partial charge on any atom is 0.226 e. The summed E-state index contributed by atoms with van der Waals surface area (Å²) in [4.78, 5) is 13.9. The van der Waals surface area contributed by atoms with E-state index in [2.05, 4.69) is 4.90 Å². The molecule has 2 nitrogen and oxygen atoms in total. The van der Waals surface area contributed by atoms with Gasteiger partial charge in [-0.15, -0.1) is 11.6 Å². The van der Waals surface area contributed by atoms with Gasteiger partial charge in [0.25, 0.3) is 0 Å². The van der Waals surface area contributed by atoms with Crippen molar-refractivity contribution in [2.45, 2.75) is 32.2 Å². The van der Waals surface area contributed by atoms with E-state index in [1.165, 1.54) is 19.3 Å². The van der Waals surface area contributed by atoms with E-state index >= 15 is 0 Å². The van der Waals surface area contributed by atoms with E-state index in [0.29, 0.717) is 11.9 Å². The van der Waals surface area contributed by atoms with E-state index < -0.39 is 0 Å². The number of hydrogen-bond donors (Lipinski definition) is 0. The molecule has 74 valence electrons. The molecule has 0 radical (unpaired) electrons. The molecule has 1 saturated carbocycles. The molecule has 2 fully saturated rings. The number of nitrogens with zero attached hydrogens (tertiary/aromatic N) is 1. The highest BCUT2D eigenvalue weighted by Gasteiger charge is 2.40. The van der Waals surface area contributed by atoms with Crippen LogP contribution in [0.1, 0.15) is 26.2 Å². The molecule has 2 bridgehead atoms. The third kappa shape index (κ3) is 1.56. The summed E-state index contributed by atoms with van der Waals surface area (Å²) in [6, 6.07) is 0.545. The van der Waals surface area contributed by atoms with E-state index in [1.807, 2.05) is 6.92 Å². The summed E-state index contributed by atoms with van der Waals surface area (Å²) in [7, 11) is 0. The van der Waals surface area contributed by atoms with Crippen LogP contribution in [-0.4, -0.2) is 29.3 Å². The standard InChI is InChI=1S/C10H16ClNO/c1-7(5-11)10(13)12-6-8-2-3-9(12)4-8/h7-9H,2-6H2,1H3. The van der Waals surface area contributed by atoms with Crippen LogP contribution in [0.2, 0.25) is 0 Å². The number of hydrogen-bond acceptors (Lipinski definition) is 1. The molecular formula is C10H16ClNO. The highest BCUT2D eigenvalue weighted by molar-refractivity contribution is 6.19. The van der Waals surface area contributed by atoms with Gasteiger partial charge in [-0.25, -0.2) is 0 Å². The van der Waals surface area contributed by atoms with Gasteiger partial charge in [0.05, 0.1) is 0 Å². The minimum absolute atomic E-state index is 0.000941. The monoisotopic (exact) mass is 201 g/mol. The van der Waals surface area contributed by atoms with E-state index in [0.717, 1.165) is 12.5 Å². The third-order valence-electron chi connectivity index (χ3n) is 3.35. The molecular weight excluding hydrogens is 186 g/mol. The molecule has 2 aliphatic rings. The van der Waals surface area contributed by atoms with Gasteiger partial charge in [0.15, 0.2) is 0 Å². The molecule has 1 saturated heterocycles. The van der Waals surface area contributed by atoms with Crippen LogP contribution < -0.4 is 0 Å². The summed E-state index contributed by atoms with van der Waals surface area (Å²) in [5.74, 6) is 1.51. The summed E-state index contributed by atoms with van der Waals surface area (Å²) >= 11 is 5.68. The topological polar surface area (TPSA) is 20.3 Å². The second-order valence-electron chi connectivity index (χ2n) is 4.38. The average molecular weight is 202 g/mol. The molecule has 0 aromatic rings. The number of likely N-dealkylation sites (tertiary alicyclic amines) is 1. The fourth-order valence-electron chi connectivity index (χ4n) is 2.54. The Kier molecular flexibility index (Phi) is 2.50. The van der Waals surface area contributed by atoms with Crippen molar-refractivity contribution in [3.05, 3.63) is 0 Å². The molecule has 0 N–H and O–H groups in total. The maximum absolute atomic E-state index is 11.8. The summed E-state index contributed by atoms with van der Waals surface area (Å²) in [6.45, 7) is 2.91. The molecule has 0 aromatic heterocycles. The lowest BCUT2D eigenvalue weighted by atomic mass is 10.1. The van der Waals surface area contributed by atoms with Crippen LogP contribution in [0.4, 0.5) is 0 Å². The van der Waals surface area contributed by atoms with Gasteiger partial charge in [-0.05, 0) is 25.2 Å². The van der Waals surface area contributed by atoms with Crippen molar-refractivity contribution in [1.82, 2.24) is 4.90 Å². The number of amides is 1. The molecule has 3 atom stereocenters. The number of fused-ring (bicyclic) bond motifs is 2. The zero-order valence-electron chi connectivity index (χ0n) is 8.00. The normalized spacial score (nSPS) is 33.8. The van der Waals surface area contributed by atoms with Crippen LogP contribution in [0, 0.1) is 11.8 Å². The lowest BCUT2D eigenvalue weighted by Crippen LogP contribution is -2.41. The number of rotatable bonds is 2. The SMILES string of the molecule is CC(CCl)C(=O)N1CC2CCC1C2. The molecule has 1 aliphatic heterocycles. The van der Waals surface area contributed by atoms with Gasteiger partial charge in [0, 0.05) is 24.4 Å². The Morgan fingerprint density at radius 1 is 1.62 bits per heavy atom. The summed E-state index contributed by atoms with van der Waals surface area (Å²) in [5, 5.41) is 0.